The van der Waals surface area contributed by atoms with E-state index in [9.17, 15) is 43.5 Å². The SMILES string of the molecule is CC/C=C\C/C=C\C/C=C\C/C=C\C/C=C\C/C=C\CCCCCCCCCCCCCCC(=O)OCC(COP(=O)(O)OCC(O)COP(=O)(O)OCC(O)COC(=O)CCCCCCCCCCCCCCCCCCC/C=C\C/C=C\C/C=C\C/C=C\CCCCC)OC(=O)CCCCCCC/C=C\C/C=C\C/C=C\C/C=C\CCCCC. The number of allylic oxidation sites excluding steroid dienone is 28. The Bertz CT molecular complexity index is 2880. The second kappa shape index (κ2) is 94.1. The van der Waals surface area contributed by atoms with Gasteiger partial charge >= 0.3 is 33.6 Å². The molecule has 0 aliphatic carbocycles. The number of aliphatic hydroxyl groups is 2. The summed E-state index contributed by atoms with van der Waals surface area (Å²) >= 11 is 0. The van der Waals surface area contributed by atoms with Crippen LogP contribution in [-0.2, 0) is 55.8 Å². The van der Waals surface area contributed by atoms with Crippen molar-refractivity contribution in [1.82, 2.24) is 0 Å². The van der Waals surface area contributed by atoms with E-state index in [1.165, 1.54) is 180 Å². The third-order valence-electron chi connectivity index (χ3n) is 20.4. The van der Waals surface area contributed by atoms with Gasteiger partial charge in [-0.2, -0.15) is 0 Å². The second-order valence-corrected chi connectivity index (χ2v) is 35.0. The van der Waals surface area contributed by atoms with Gasteiger partial charge in [-0.1, -0.05) is 396 Å². The van der Waals surface area contributed by atoms with Crippen molar-refractivity contribution in [1.29, 1.82) is 0 Å². The molecule has 0 saturated heterocycles. The van der Waals surface area contributed by atoms with Crippen molar-refractivity contribution in [2.75, 3.05) is 39.6 Å². The van der Waals surface area contributed by atoms with Crippen LogP contribution in [0.5, 0.6) is 0 Å². The molecular weight excluding hydrogens is 1560 g/mol. The van der Waals surface area contributed by atoms with Crippen LogP contribution in [-0.4, -0.2) is 95.9 Å². The molecule has 0 bridgehead atoms. The minimum atomic E-state index is -4.95. The normalized spacial score (nSPS) is 14.5. The van der Waals surface area contributed by atoms with Crippen LogP contribution in [0.25, 0.3) is 0 Å². The number of esters is 3. The van der Waals surface area contributed by atoms with Gasteiger partial charge in [-0.25, -0.2) is 9.13 Å². The first-order valence-corrected chi connectivity index (χ1v) is 51.4. The van der Waals surface area contributed by atoms with Crippen LogP contribution in [0.1, 0.15) is 406 Å². The van der Waals surface area contributed by atoms with Gasteiger partial charge in [-0.05, 0) is 161 Å². The summed E-state index contributed by atoms with van der Waals surface area (Å²) in [5.41, 5.74) is 0. The molecule has 0 fully saturated rings. The second-order valence-electron chi connectivity index (χ2n) is 32.1. The number of hydrogen-bond donors (Lipinski definition) is 4. The molecule has 0 amide bonds. The van der Waals surface area contributed by atoms with Gasteiger partial charge < -0.3 is 34.2 Å². The van der Waals surface area contributed by atoms with Crippen LogP contribution in [0.4, 0.5) is 0 Å². The van der Waals surface area contributed by atoms with Gasteiger partial charge in [0, 0.05) is 19.3 Å². The van der Waals surface area contributed by atoms with Crippen molar-refractivity contribution >= 4 is 33.6 Å². The van der Waals surface area contributed by atoms with E-state index in [-0.39, 0.29) is 19.3 Å². The highest BCUT2D eigenvalue weighted by Gasteiger charge is 2.30. The van der Waals surface area contributed by atoms with Crippen molar-refractivity contribution in [3.63, 3.8) is 0 Å². The summed E-state index contributed by atoms with van der Waals surface area (Å²) in [6.45, 7) is 2.54. The molecule has 0 aliphatic rings. The van der Waals surface area contributed by atoms with Gasteiger partial charge in [0.1, 0.15) is 25.4 Å². The minimum absolute atomic E-state index is 0.0793. The maximum absolute atomic E-state index is 13.1. The van der Waals surface area contributed by atoms with E-state index < -0.39 is 91.5 Å². The molecule has 0 aromatic heterocycles. The first-order chi connectivity index (χ1) is 59.2. The molecular formula is C103H176O16P2. The summed E-state index contributed by atoms with van der Waals surface area (Å²) in [7, 11) is -9.82. The Morgan fingerprint density at radius 3 is 0.694 bits per heavy atom. The number of hydrogen-bond acceptors (Lipinski definition) is 14. The molecule has 0 rings (SSSR count). The molecule has 0 aromatic rings. The molecule has 0 radical (unpaired) electrons. The monoisotopic (exact) mass is 1730 g/mol. The first kappa shape index (κ1) is 116. The summed E-state index contributed by atoms with van der Waals surface area (Å²) in [5, 5.41) is 20.8. The molecule has 4 N–H and O–H groups in total. The van der Waals surface area contributed by atoms with Crippen LogP contribution in [0.15, 0.2) is 170 Å². The Kier molecular flexibility index (Phi) is 90.1. The average Bonchev–Trinajstić information content (AvgIpc) is 0.882. The van der Waals surface area contributed by atoms with Gasteiger partial charge in [0.05, 0.1) is 26.4 Å². The molecule has 121 heavy (non-hydrogen) atoms. The number of unbranched alkanes of at least 4 members (excludes halogenated alkanes) is 40. The van der Waals surface area contributed by atoms with E-state index in [0.717, 1.165) is 167 Å². The number of phosphoric acid groups is 2. The molecule has 0 heterocycles. The molecule has 0 spiro atoms. The number of aliphatic hydroxyl groups excluding tert-OH is 2. The topological polar surface area (TPSA) is 231 Å². The Balaban J connectivity index is 4.57. The highest BCUT2D eigenvalue weighted by Crippen LogP contribution is 2.45. The third kappa shape index (κ3) is 95.4. The summed E-state index contributed by atoms with van der Waals surface area (Å²) in [6.07, 6.45) is 123. The Hall–Kier alpha value is -5.09. The van der Waals surface area contributed by atoms with Crippen LogP contribution >= 0.6 is 15.6 Å². The first-order valence-electron chi connectivity index (χ1n) is 48.4. The lowest BCUT2D eigenvalue weighted by molar-refractivity contribution is -0.161. The summed E-state index contributed by atoms with van der Waals surface area (Å²) in [5.74, 6) is -1.59. The fraction of sp³-hybridized carbons (Fsp3) is 0.699. The molecule has 18 heteroatoms. The predicted molar refractivity (Wildman–Crippen MR) is 509 cm³/mol. The van der Waals surface area contributed by atoms with E-state index in [2.05, 4.69) is 191 Å². The van der Waals surface area contributed by atoms with Gasteiger partial charge in [0.2, 0.25) is 0 Å². The fourth-order valence-corrected chi connectivity index (χ4v) is 14.7. The van der Waals surface area contributed by atoms with Gasteiger partial charge in [-0.3, -0.25) is 32.5 Å². The van der Waals surface area contributed by atoms with Crippen LogP contribution in [0.3, 0.4) is 0 Å². The zero-order chi connectivity index (χ0) is 87.9. The quantitative estimate of drug-likeness (QED) is 0.0146. The summed E-state index contributed by atoms with van der Waals surface area (Å²) in [4.78, 5) is 59.1. The molecule has 16 nitrogen and oxygen atoms in total. The highest BCUT2D eigenvalue weighted by molar-refractivity contribution is 7.47. The zero-order valence-corrected chi connectivity index (χ0v) is 78.4. The van der Waals surface area contributed by atoms with E-state index in [4.69, 9.17) is 32.3 Å². The van der Waals surface area contributed by atoms with E-state index >= 15 is 0 Å². The Morgan fingerprint density at radius 1 is 0.240 bits per heavy atom. The lowest BCUT2D eigenvalue weighted by Gasteiger charge is -2.21. The smallest absolute Gasteiger partial charge is 0.463 e. The summed E-state index contributed by atoms with van der Waals surface area (Å²) < 4.78 is 61.5. The third-order valence-corrected chi connectivity index (χ3v) is 22.3. The van der Waals surface area contributed by atoms with Crippen molar-refractivity contribution < 1.29 is 75.8 Å². The van der Waals surface area contributed by atoms with Crippen LogP contribution in [0.2, 0.25) is 0 Å². The van der Waals surface area contributed by atoms with E-state index in [1.54, 1.807) is 0 Å². The van der Waals surface area contributed by atoms with Crippen molar-refractivity contribution in [3.8, 4) is 0 Å². The van der Waals surface area contributed by atoms with Gasteiger partial charge in [0.15, 0.2) is 6.10 Å². The van der Waals surface area contributed by atoms with E-state index in [1.807, 2.05) is 0 Å². The van der Waals surface area contributed by atoms with Crippen molar-refractivity contribution in [2.45, 2.75) is 424 Å². The molecule has 694 valence electrons. The number of phosphoric ester groups is 2. The lowest BCUT2D eigenvalue weighted by atomic mass is 10.0. The lowest BCUT2D eigenvalue weighted by Crippen LogP contribution is -2.30. The maximum Gasteiger partial charge on any atom is 0.472 e. The molecule has 5 atom stereocenters. The molecule has 0 aliphatic heterocycles. The molecule has 0 saturated carbocycles. The number of ether oxygens (including phenoxy) is 3. The Morgan fingerprint density at radius 2 is 0.438 bits per heavy atom. The standard InChI is InChI=1S/C103H176O16P2/c1-4-7-10-13-16-19-22-25-28-31-34-37-39-41-43-45-47-48-50-52-53-55-57-60-62-65-68-71-74-77-80-83-86-89-101(106)113-92-98(104)93-115-120(109,110)116-94-99(105)95-117-121(111,112)118-97-100(119-103(108)91-88-85-82-79-76-73-70-67-64-59-36-33-30-27-24-21-18-15-12-9-6-3)96-114-102(107)90-87-84-81-78-75-72-69-66-63-61-58-56-54-51-49-46-44-42-40-38-35-32-29-26-23-20-17-14-11-8-5-2/h8,11,16-21,25-30,34-38,41-44,49,51,59,67,70,98-100,104-105H,4-7,9-10,12-15,22-24,31-33,39-40,45-48,50,52-58,60-66,68-69,71-97H2,1-3H3,(H,109,110)(H,111,112)/b11-8-,19-16-,20-17-,21-18-,28-25-,29-26-,30-27-,37-34-,38-35-,43-41-,44-42-,51-49-,59-36-,70-67-. The summed E-state index contributed by atoms with van der Waals surface area (Å²) in [6, 6.07) is 0. The molecule has 5 unspecified atom stereocenters. The van der Waals surface area contributed by atoms with Crippen molar-refractivity contribution in [2.24, 2.45) is 0 Å². The Labute approximate surface area is 739 Å². The minimum Gasteiger partial charge on any atom is -0.463 e. The van der Waals surface area contributed by atoms with Gasteiger partial charge in [0.25, 0.3) is 0 Å². The number of carbonyl (C=O) groups excluding carboxylic acids is 3. The number of carbonyl (C=O) groups is 3. The largest absolute Gasteiger partial charge is 0.472 e. The predicted octanol–water partition coefficient (Wildman–Crippen LogP) is 30.2. The zero-order valence-electron chi connectivity index (χ0n) is 76.6. The fourth-order valence-electron chi connectivity index (χ4n) is 13.1. The molecule has 0 aromatic carbocycles. The average molecular weight is 1730 g/mol. The van der Waals surface area contributed by atoms with Gasteiger partial charge in [-0.15, -0.1) is 0 Å². The highest BCUT2D eigenvalue weighted by atomic mass is 31.2. The maximum atomic E-state index is 13.1. The van der Waals surface area contributed by atoms with Crippen LogP contribution in [0, 0.1) is 0 Å². The van der Waals surface area contributed by atoms with E-state index in [0.29, 0.717) is 19.3 Å². The van der Waals surface area contributed by atoms with Crippen LogP contribution < -0.4 is 0 Å². The van der Waals surface area contributed by atoms with Crippen molar-refractivity contribution in [3.05, 3.63) is 170 Å². The number of rotatable bonds is 91.